The molecule has 2 atom stereocenters. The van der Waals surface area contributed by atoms with Gasteiger partial charge in [-0.3, -0.25) is 0 Å². The molecule has 0 aliphatic carbocycles. The molecule has 0 saturated carbocycles. The first-order valence-corrected chi connectivity index (χ1v) is 4.41. The summed E-state index contributed by atoms with van der Waals surface area (Å²) in [6.45, 7) is 4.19. The molecule has 0 bridgehead atoms. The first kappa shape index (κ1) is 8.57. The van der Waals surface area contributed by atoms with Gasteiger partial charge in [0.05, 0.1) is 0 Å². The summed E-state index contributed by atoms with van der Waals surface area (Å²) in [7, 11) is 0. The number of halogens is 1. The van der Waals surface area contributed by atoms with Gasteiger partial charge in [0.1, 0.15) is 5.83 Å². The summed E-state index contributed by atoms with van der Waals surface area (Å²) >= 11 is 0. The average molecular weight is 157 g/mol. The van der Waals surface area contributed by atoms with Gasteiger partial charge in [-0.2, -0.15) is 0 Å². The summed E-state index contributed by atoms with van der Waals surface area (Å²) in [6.07, 6.45) is 4.56. The Morgan fingerprint density at radius 1 is 1.55 bits per heavy atom. The Morgan fingerprint density at radius 3 is 2.82 bits per heavy atom. The lowest BCUT2D eigenvalue weighted by atomic mass is 9.95. The highest BCUT2D eigenvalue weighted by Crippen LogP contribution is 2.27. The first-order chi connectivity index (χ1) is 5.29. The number of hydrogen-bond acceptors (Lipinski definition) is 1. The van der Waals surface area contributed by atoms with E-state index in [-0.39, 0.29) is 11.7 Å². The average Bonchev–Trinajstić information content (AvgIpc) is 2.34. The van der Waals surface area contributed by atoms with Crippen molar-refractivity contribution in [2.45, 2.75) is 39.2 Å². The molecule has 64 valence electrons. The zero-order chi connectivity index (χ0) is 8.27. The predicted octanol–water partition coefficient (Wildman–Crippen LogP) is 2.60. The second-order valence-corrected chi connectivity index (χ2v) is 3.11. The summed E-state index contributed by atoms with van der Waals surface area (Å²) < 4.78 is 13.0. The monoisotopic (exact) mass is 157 g/mol. The van der Waals surface area contributed by atoms with Crippen LogP contribution < -0.4 is 5.32 Å². The van der Waals surface area contributed by atoms with Gasteiger partial charge < -0.3 is 5.32 Å². The molecule has 0 spiro atoms. The molecule has 1 N–H and O–H groups in total. The van der Waals surface area contributed by atoms with Crippen LogP contribution in [0.3, 0.4) is 0 Å². The van der Waals surface area contributed by atoms with Crippen molar-refractivity contribution in [1.29, 1.82) is 0 Å². The van der Waals surface area contributed by atoms with E-state index in [1.807, 2.05) is 0 Å². The molecule has 0 aromatic heterocycles. The van der Waals surface area contributed by atoms with Gasteiger partial charge in [-0.1, -0.05) is 20.3 Å². The molecular weight excluding hydrogens is 141 g/mol. The van der Waals surface area contributed by atoms with E-state index in [0.29, 0.717) is 6.04 Å². The van der Waals surface area contributed by atoms with Gasteiger partial charge in [-0.05, 0) is 12.8 Å². The Morgan fingerprint density at radius 2 is 2.27 bits per heavy atom. The standard InChI is InChI=1S/C9H16FN/c1-3-5-7-8(10)6-11-9(7)4-2/h6-7,9,11H,3-5H2,1-2H3. The molecule has 1 heterocycles. The third kappa shape index (κ3) is 1.73. The van der Waals surface area contributed by atoms with Crippen molar-refractivity contribution in [3.05, 3.63) is 12.0 Å². The van der Waals surface area contributed by atoms with Gasteiger partial charge in [-0.25, -0.2) is 4.39 Å². The van der Waals surface area contributed by atoms with E-state index in [4.69, 9.17) is 0 Å². The molecule has 11 heavy (non-hydrogen) atoms. The van der Waals surface area contributed by atoms with Crippen LogP contribution >= 0.6 is 0 Å². The van der Waals surface area contributed by atoms with Gasteiger partial charge in [0.25, 0.3) is 0 Å². The zero-order valence-electron chi connectivity index (χ0n) is 7.23. The molecule has 0 saturated heterocycles. The van der Waals surface area contributed by atoms with Gasteiger partial charge in [0.2, 0.25) is 0 Å². The minimum atomic E-state index is 0.0405. The predicted molar refractivity (Wildman–Crippen MR) is 44.8 cm³/mol. The van der Waals surface area contributed by atoms with Crippen LogP contribution in [0.4, 0.5) is 4.39 Å². The number of nitrogens with one attached hydrogen (secondary N) is 1. The van der Waals surface area contributed by atoms with Crippen LogP contribution in [0.1, 0.15) is 33.1 Å². The lowest BCUT2D eigenvalue weighted by Crippen LogP contribution is -2.26. The molecule has 0 radical (unpaired) electrons. The molecule has 0 aromatic rings. The summed E-state index contributed by atoms with van der Waals surface area (Å²) in [5.41, 5.74) is 0. The Hall–Kier alpha value is -0.530. The molecule has 2 heteroatoms. The lowest BCUT2D eigenvalue weighted by Gasteiger charge is -2.17. The normalized spacial score (nSPS) is 29.9. The van der Waals surface area contributed by atoms with E-state index in [0.717, 1.165) is 19.3 Å². The van der Waals surface area contributed by atoms with E-state index in [1.54, 1.807) is 0 Å². The molecule has 1 rings (SSSR count). The van der Waals surface area contributed by atoms with E-state index in [2.05, 4.69) is 19.2 Å². The van der Waals surface area contributed by atoms with Gasteiger partial charge >= 0.3 is 0 Å². The minimum absolute atomic E-state index is 0.0405. The highest BCUT2D eigenvalue weighted by atomic mass is 19.1. The first-order valence-electron chi connectivity index (χ1n) is 4.41. The van der Waals surface area contributed by atoms with E-state index < -0.39 is 0 Å². The van der Waals surface area contributed by atoms with Crippen LogP contribution in [-0.4, -0.2) is 6.04 Å². The van der Waals surface area contributed by atoms with E-state index in [9.17, 15) is 4.39 Å². The van der Waals surface area contributed by atoms with Crippen molar-refractivity contribution >= 4 is 0 Å². The molecule has 0 amide bonds. The molecule has 0 aromatic carbocycles. The molecule has 1 aliphatic rings. The van der Waals surface area contributed by atoms with Crippen molar-refractivity contribution in [3.63, 3.8) is 0 Å². The minimum Gasteiger partial charge on any atom is -0.385 e. The van der Waals surface area contributed by atoms with Crippen molar-refractivity contribution in [1.82, 2.24) is 5.32 Å². The maximum Gasteiger partial charge on any atom is 0.121 e. The number of hydrogen-bond donors (Lipinski definition) is 1. The molecule has 1 nitrogen and oxygen atoms in total. The van der Waals surface area contributed by atoms with Crippen molar-refractivity contribution < 1.29 is 4.39 Å². The fourth-order valence-electron chi connectivity index (χ4n) is 1.65. The van der Waals surface area contributed by atoms with Crippen LogP contribution in [0.15, 0.2) is 12.0 Å². The van der Waals surface area contributed by atoms with Crippen LogP contribution in [0.2, 0.25) is 0 Å². The van der Waals surface area contributed by atoms with Crippen molar-refractivity contribution in [2.75, 3.05) is 0 Å². The van der Waals surface area contributed by atoms with Gasteiger partial charge in [-0.15, -0.1) is 0 Å². The third-order valence-corrected chi connectivity index (χ3v) is 2.31. The highest BCUT2D eigenvalue weighted by Gasteiger charge is 2.27. The quantitative estimate of drug-likeness (QED) is 0.664. The molecule has 0 fully saturated rings. The smallest absolute Gasteiger partial charge is 0.121 e. The summed E-state index contributed by atoms with van der Waals surface area (Å²) in [6, 6.07) is 0.343. The van der Waals surface area contributed by atoms with Crippen molar-refractivity contribution in [2.24, 2.45) is 5.92 Å². The van der Waals surface area contributed by atoms with Crippen LogP contribution in [0, 0.1) is 5.92 Å². The van der Waals surface area contributed by atoms with Gasteiger partial charge in [0, 0.05) is 18.2 Å². The maximum atomic E-state index is 13.0. The fraction of sp³-hybridized carbons (Fsp3) is 0.778. The summed E-state index contributed by atoms with van der Waals surface area (Å²) in [5.74, 6) is 0.184. The van der Waals surface area contributed by atoms with Crippen LogP contribution in [-0.2, 0) is 0 Å². The Labute approximate surface area is 67.7 Å². The lowest BCUT2D eigenvalue weighted by molar-refractivity contribution is 0.376. The molecule has 1 aliphatic heterocycles. The topological polar surface area (TPSA) is 12.0 Å². The Bertz CT molecular complexity index is 154. The van der Waals surface area contributed by atoms with E-state index >= 15 is 0 Å². The SMILES string of the molecule is CCCC1C(F)=CNC1CC. The van der Waals surface area contributed by atoms with Gasteiger partial charge in [0.15, 0.2) is 0 Å². The molecule has 2 unspecified atom stereocenters. The second-order valence-electron chi connectivity index (χ2n) is 3.11. The van der Waals surface area contributed by atoms with Crippen LogP contribution in [0.25, 0.3) is 0 Å². The summed E-state index contributed by atoms with van der Waals surface area (Å²) in [4.78, 5) is 0. The highest BCUT2D eigenvalue weighted by molar-refractivity contribution is 5.08. The van der Waals surface area contributed by atoms with Crippen LogP contribution in [0.5, 0.6) is 0 Å². The zero-order valence-corrected chi connectivity index (χ0v) is 7.23. The second kappa shape index (κ2) is 3.74. The van der Waals surface area contributed by atoms with Crippen molar-refractivity contribution in [3.8, 4) is 0 Å². The fourth-order valence-corrected chi connectivity index (χ4v) is 1.65. The largest absolute Gasteiger partial charge is 0.385 e. The molecular formula is C9H16FN. The Balaban J connectivity index is 2.49. The summed E-state index contributed by atoms with van der Waals surface area (Å²) in [5, 5.41) is 3.05. The maximum absolute atomic E-state index is 13.0. The third-order valence-electron chi connectivity index (χ3n) is 2.31. The number of rotatable bonds is 3. The van der Waals surface area contributed by atoms with E-state index in [1.165, 1.54) is 6.20 Å². The Kier molecular flexibility index (Phi) is 2.92.